The van der Waals surface area contributed by atoms with E-state index in [0.717, 1.165) is 51.6 Å². The molecule has 0 aromatic carbocycles. The zero-order chi connectivity index (χ0) is 20.1. The first-order valence-electron chi connectivity index (χ1n) is 10.6. The molecule has 26 heavy (non-hydrogen) atoms. The molecule has 0 radical (unpaired) electrons. The number of carbonyl (C=O) groups excluding carboxylic acids is 3. The van der Waals surface area contributed by atoms with Crippen molar-refractivity contribution < 1.29 is 14.4 Å². The summed E-state index contributed by atoms with van der Waals surface area (Å²) in [6.07, 6.45) is 7.52. The molecule has 1 aliphatic heterocycles. The molecule has 0 aromatic heterocycles. The Balaban J connectivity index is 0.000000918. The molecule has 1 aliphatic carbocycles. The smallest absolute Gasteiger partial charge is 0.225 e. The molecule has 2 fully saturated rings. The maximum absolute atomic E-state index is 12.5. The third-order valence-corrected chi connectivity index (χ3v) is 5.03. The highest BCUT2D eigenvalue weighted by Crippen LogP contribution is 2.31. The fourth-order valence-corrected chi connectivity index (χ4v) is 3.51. The molecule has 1 heterocycles. The SMILES string of the molecule is CC(=O)C1CCC(C(=O)N2CCC(C(C)=O)CC2)CC1.CCC.CCC. The number of piperidine rings is 1. The van der Waals surface area contributed by atoms with E-state index in [9.17, 15) is 14.4 Å². The van der Waals surface area contributed by atoms with Crippen molar-refractivity contribution in [3.63, 3.8) is 0 Å². The van der Waals surface area contributed by atoms with E-state index in [0.29, 0.717) is 0 Å². The second kappa shape index (κ2) is 13.9. The fourth-order valence-electron chi connectivity index (χ4n) is 3.51. The Bertz CT molecular complexity index is 379. The summed E-state index contributed by atoms with van der Waals surface area (Å²) in [5, 5.41) is 0. The van der Waals surface area contributed by atoms with Gasteiger partial charge >= 0.3 is 0 Å². The number of likely N-dealkylation sites (tertiary alicyclic amines) is 1. The number of hydrogen-bond donors (Lipinski definition) is 0. The van der Waals surface area contributed by atoms with Crippen LogP contribution >= 0.6 is 0 Å². The van der Waals surface area contributed by atoms with Gasteiger partial charge in [-0.1, -0.05) is 40.5 Å². The van der Waals surface area contributed by atoms with Gasteiger partial charge in [0, 0.05) is 30.8 Å². The van der Waals surface area contributed by atoms with Crippen molar-refractivity contribution in [2.45, 2.75) is 92.9 Å². The van der Waals surface area contributed by atoms with Crippen LogP contribution in [0.3, 0.4) is 0 Å². The monoisotopic (exact) mass is 367 g/mol. The second-order valence-corrected chi connectivity index (χ2v) is 7.78. The molecule has 0 bridgehead atoms. The Morgan fingerprint density at radius 3 is 1.31 bits per heavy atom. The average molecular weight is 368 g/mol. The number of ketones is 2. The lowest BCUT2D eigenvalue weighted by molar-refractivity contribution is -0.140. The van der Waals surface area contributed by atoms with E-state index in [1.54, 1.807) is 13.8 Å². The van der Waals surface area contributed by atoms with Crippen molar-refractivity contribution in [3.05, 3.63) is 0 Å². The van der Waals surface area contributed by atoms with Gasteiger partial charge in [-0.2, -0.15) is 0 Å². The highest BCUT2D eigenvalue weighted by atomic mass is 16.2. The van der Waals surface area contributed by atoms with Gasteiger partial charge in [-0.15, -0.1) is 0 Å². The lowest BCUT2D eigenvalue weighted by Gasteiger charge is -2.35. The topological polar surface area (TPSA) is 54.5 Å². The number of Topliss-reactive ketones (excluding diaryl/α,β-unsaturated/α-hetero) is 2. The average Bonchev–Trinajstić information content (AvgIpc) is 2.62. The molecule has 1 amide bonds. The van der Waals surface area contributed by atoms with E-state index in [1.165, 1.54) is 12.8 Å². The molecule has 1 saturated heterocycles. The maximum atomic E-state index is 12.5. The summed E-state index contributed by atoms with van der Waals surface area (Å²) in [6, 6.07) is 0. The number of rotatable bonds is 3. The molecule has 0 atom stereocenters. The van der Waals surface area contributed by atoms with Crippen LogP contribution in [-0.4, -0.2) is 35.5 Å². The van der Waals surface area contributed by atoms with Crippen LogP contribution in [0, 0.1) is 17.8 Å². The molecule has 0 N–H and O–H groups in total. The molecular formula is C22H41NO3. The largest absolute Gasteiger partial charge is 0.342 e. The predicted molar refractivity (Wildman–Crippen MR) is 108 cm³/mol. The number of hydrogen-bond acceptors (Lipinski definition) is 3. The van der Waals surface area contributed by atoms with Gasteiger partial charge in [0.15, 0.2) is 0 Å². The van der Waals surface area contributed by atoms with Crippen LogP contribution in [0.2, 0.25) is 0 Å². The third kappa shape index (κ3) is 8.95. The number of amides is 1. The molecule has 2 aliphatic rings. The number of carbonyl (C=O) groups is 3. The minimum atomic E-state index is 0.0967. The quantitative estimate of drug-likeness (QED) is 0.702. The van der Waals surface area contributed by atoms with Crippen molar-refractivity contribution in [2.24, 2.45) is 17.8 Å². The van der Waals surface area contributed by atoms with Crippen LogP contribution in [0.15, 0.2) is 0 Å². The minimum Gasteiger partial charge on any atom is -0.342 e. The van der Waals surface area contributed by atoms with Gasteiger partial charge in [-0.05, 0) is 52.4 Å². The van der Waals surface area contributed by atoms with Gasteiger partial charge in [0.1, 0.15) is 11.6 Å². The third-order valence-electron chi connectivity index (χ3n) is 5.03. The Kier molecular flexibility index (Phi) is 13.3. The van der Waals surface area contributed by atoms with Gasteiger partial charge in [0.2, 0.25) is 5.91 Å². The summed E-state index contributed by atoms with van der Waals surface area (Å²) in [6.45, 7) is 13.2. The van der Waals surface area contributed by atoms with Gasteiger partial charge in [-0.3, -0.25) is 14.4 Å². The highest BCUT2D eigenvalue weighted by molar-refractivity contribution is 5.82. The first-order chi connectivity index (χ1) is 12.3. The molecule has 0 unspecified atom stereocenters. The van der Waals surface area contributed by atoms with Crippen LogP contribution in [0.1, 0.15) is 92.9 Å². The van der Waals surface area contributed by atoms with Gasteiger partial charge in [0.25, 0.3) is 0 Å². The van der Waals surface area contributed by atoms with Crippen molar-refractivity contribution >= 4 is 17.5 Å². The minimum absolute atomic E-state index is 0.0967. The van der Waals surface area contributed by atoms with Crippen molar-refractivity contribution in [2.75, 3.05) is 13.1 Å². The fraction of sp³-hybridized carbons (Fsp3) is 0.864. The van der Waals surface area contributed by atoms with Crippen LogP contribution in [0.4, 0.5) is 0 Å². The highest BCUT2D eigenvalue weighted by Gasteiger charge is 2.33. The van der Waals surface area contributed by atoms with Gasteiger partial charge in [-0.25, -0.2) is 0 Å². The molecule has 0 spiro atoms. The Morgan fingerprint density at radius 1 is 0.654 bits per heavy atom. The summed E-state index contributed by atoms with van der Waals surface area (Å²) >= 11 is 0. The van der Waals surface area contributed by atoms with Crippen LogP contribution in [-0.2, 0) is 14.4 Å². The molecule has 0 aromatic rings. The van der Waals surface area contributed by atoms with Crippen molar-refractivity contribution in [3.8, 4) is 0 Å². The first kappa shape index (κ1) is 24.8. The maximum Gasteiger partial charge on any atom is 0.225 e. The van der Waals surface area contributed by atoms with Crippen LogP contribution in [0.25, 0.3) is 0 Å². The van der Waals surface area contributed by atoms with Crippen LogP contribution in [0.5, 0.6) is 0 Å². The Morgan fingerprint density at radius 2 is 0.962 bits per heavy atom. The zero-order valence-corrected chi connectivity index (χ0v) is 18.0. The van der Waals surface area contributed by atoms with Crippen molar-refractivity contribution in [1.29, 1.82) is 0 Å². The summed E-state index contributed by atoms with van der Waals surface area (Å²) in [4.78, 5) is 37.1. The Hall–Kier alpha value is -1.19. The first-order valence-corrected chi connectivity index (χ1v) is 10.6. The molecule has 4 nitrogen and oxygen atoms in total. The van der Waals surface area contributed by atoms with Crippen molar-refractivity contribution in [1.82, 2.24) is 4.90 Å². The molecule has 152 valence electrons. The number of nitrogens with zero attached hydrogens (tertiary/aromatic N) is 1. The predicted octanol–water partition coefficient (Wildman–Crippen LogP) is 5.04. The van der Waals surface area contributed by atoms with E-state index < -0.39 is 0 Å². The van der Waals surface area contributed by atoms with Gasteiger partial charge < -0.3 is 4.90 Å². The van der Waals surface area contributed by atoms with E-state index in [-0.39, 0.29) is 35.2 Å². The molecule has 4 heteroatoms. The summed E-state index contributed by atoms with van der Waals surface area (Å²) in [7, 11) is 0. The summed E-state index contributed by atoms with van der Waals surface area (Å²) in [5.41, 5.74) is 0. The Labute approximate surface area is 161 Å². The standard InChI is InChI=1S/C16H25NO3.2C3H8/c1-11(18)13-3-5-15(6-4-13)16(20)17-9-7-14(8-10-17)12(2)19;2*1-3-2/h13-15H,3-10H2,1-2H3;2*3H2,1-2H3. The lowest BCUT2D eigenvalue weighted by atomic mass is 9.79. The zero-order valence-electron chi connectivity index (χ0n) is 18.0. The van der Waals surface area contributed by atoms with E-state index >= 15 is 0 Å². The lowest BCUT2D eigenvalue weighted by Crippen LogP contribution is -2.43. The molecular weight excluding hydrogens is 326 g/mol. The summed E-state index contributed by atoms with van der Waals surface area (Å²) < 4.78 is 0. The van der Waals surface area contributed by atoms with E-state index in [4.69, 9.17) is 0 Å². The molecule has 1 saturated carbocycles. The molecule has 2 rings (SSSR count). The summed E-state index contributed by atoms with van der Waals surface area (Å²) in [5.74, 6) is 1.17. The van der Waals surface area contributed by atoms with Crippen LogP contribution < -0.4 is 0 Å². The normalized spacial score (nSPS) is 23.1. The van der Waals surface area contributed by atoms with Gasteiger partial charge in [0.05, 0.1) is 0 Å². The second-order valence-electron chi connectivity index (χ2n) is 7.78. The van der Waals surface area contributed by atoms with E-state index in [1.807, 2.05) is 4.90 Å². The van der Waals surface area contributed by atoms with E-state index in [2.05, 4.69) is 27.7 Å².